The van der Waals surface area contributed by atoms with Gasteiger partial charge in [-0.25, -0.2) is 0 Å². The van der Waals surface area contributed by atoms with Crippen LogP contribution in [-0.2, 0) is 6.54 Å². The van der Waals surface area contributed by atoms with Crippen molar-refractivity contribution in [2.24, 2.45) is 0 Å². The molecule has 0 atom stereocenters. The highest BCUT2D eigenvalue weighted by Crippen LogP contribution is 2.30. The molecule has 0 aliphatic carbocycles. The normalized spacial score (nSPS) is 10.8. The molecule has 1 N–H and O–H groups in total. The lowest BCUT2D eigenvalue weighted by atomic mass is 10.1. The number of hydrogen-bond acceptors (Lipinski definition) is 3. The van der Waals surface area contributed by atoms with Crippen LogP contribution in [0.2, 0.25) is 10.0 Å². The molecule has 3 rings (SSSR count). The van der Waals surface area contributed by atoms with E-state index < -0.39 is 5.91 Å². The maximum Gasteiger partial charge on any atom is 0.261 e. The fourth-order valence-electron chi connectivity index (χ4n) is 2.73. The van der Waals surface area contributed by atoms with Gasteiger partial charge in [0.25, 0.3) is 5.91 Å². The molecule has 26 heavy (non-hydrogen) atoms. The first kappa shape index (κ1) is 18.3. The number of methoxy groups -OCH3 is 1. The monoisotopic (exact) mass is 390 g/mol. The SMILES string of the molecule is CCn1cc(C(=O)Nc2c(Cl)cccc2Cl)c(=O)c2cc(OC)ccc21. The Labute approximate surface area is 160 Å². The van der Waals surface area contributed by atoms with Gasteiger partial charge in [0.15, 0.2) is 0 Å². The number of carbonyl (C=O) groups is 1. The zero-order chi connectivity index (χ0) is 18.8. The summed E-state index contributed by atoms with van der Waals surface area (Å²) >= 11 is 12.2. The van der Waals surface area contributed by atoms with Gasteiger partial charge in [0.2, 0.25) is 5.43 Å². The van der Waals surface area contributed by atoms with Crippen molar-refractivity contribution in [3.05, 3.63) is 68.4 Å². The molecule has 0 saturated heterocycles. The number of anilines is 1. The van der Waals surface area contributed by atoms with Crippen LogP contribution < -0.4 is 15.5 Å². The fraction of sp³-hybridized carbons (Fsp3) is 0.158. The average Bonchev–Trinajstić information content (AvgIpc) is 2.64. The minimum absolute atomic E-state index is 0.00332. The topological polar surface area (TPSA) is 60.3 Å². The number of carbonyl (C=O) groups excluding carboxylic acids is 1. The summed E-state index contributed by atoms with van der Waals surface area (Å²) in [6.45, 7) is 2.52. The van der Waals surface area contributed by atoms with Crippen LogP contribution in [0.15, 0.2) is 47.4 Å². The lowest BCUT2D eigenvalue weighted by molar-refractivity contribution is 0.102. The van der Waals surface area contributed by atoms with Crippen molar-refractivity contribution in [1.29, 1.82) is 0 Å². The molecule has 2 aromatic carbocycles. The number of aryl methyl sites for hydroxylation is 1. The molecule has 0 spiro atoms. The van der Waals surface area contributed by atoms with E-state index in [1.165, 1.54) is 13.3 Å². The first-order chi connectivity index (χ1) is 12.5. The maximum absolute atomic E-state index is 12.9. The second kappa shape index (κ2) is 7.40. The Kier molecular flexibility index (Phi) is 5.20. The molecule has 1 aromatic heterocycles. The van der Waals surface area contributed by atoms with Crippen molar-refractivity contribution in [3.63, 3.8) is 0 Å². The van der Waals surface area contributed by atoms with Gasteiger partial charge in [-0.3, -0.25) is 9.59 Å². The third-order valence-electron chi connectivity index (χ3n) is 4.07. The Bertz CT molecular complexity index is 1040. The highest BCUT2D eigenvalue weighted by molar-refractivity contribution is 6.40. The summed E-state index contributed by atoms with van der Waals surface area (Å²) in [7, 11) is 1.52. The van der Waals surface area contributed by atoms with E-state index >= 15 is 0 Å². The first-order valence-corrected chi connectivity index (χ1v) is 8.68. The van der Waals surface area contributed by atoms with Crippen LogP contribution in [0, 0.1) is 0 Å². The van der Waals surface area contributed by atoms with Crippen molar-refractivity contribution in [1.82, 2.24) is 4.57 Å². The summed E-state index contributed by atoms with van der Waals surface area (Å²) < 4.78 is 7.03. The average molecular weight is 391 g/mol. The van der Waals surface area contributed by atoms with Gasteiger partial charge in [-0.1, -0.05) is 29.3 Å². The Balaban J connectivity index is 2.13. The standard InChI is InChI=1S/C19H16Cl2N2O3/c1-3-23-10-13(18(24)12-9-11(26-2)7-8-16(12)23)19(25)22-17-14(20)5-4-6-15(17)21/h4-10H,3H2,1-2H3,(H,22,25). The predicted octanol–water partition coefficient (Wildman–Crippen LogP) is 4.59. The number of halogens is 2. The Morgan fingerprint density at radius 3 is 2.50 bits per heavy atom. The number of hydrogen-bond donors (Lipinski definition) is 1. The van der Waals surface area contributed by atoms with Gasteiger partial charge in [-0.05, 0) is 37.3 Å². The van der Waals surface area contributed by atoms with Crippen LogP contribution in [0.25, 0.3) is 10.9 Å². The molecule has 5 nitrogen and oxygen atoms in total. The molecule has 134 valence electrons. The summed E-state index contributed by atoms with van der Waals surface area (Å²) in [5, 5.41) is 3.63. The van der Waals surface area contributed by atoms with E-state index in [9.17, 15) is 9.59 Å². The summed E-state index contributed by atoms with van der Waals surface area (Å²) in [4.78, 5) is 25.6. The van der Waals surface area contributed by atoms with Crippen LogP contribution in [0.5, 0.6) is 5.75 Å². The smallest absolute Gasteiger partial charge is 0.261 e. The molecule has 0 aliphatic heterocycles. The van der Waals surface area contributed by atoms with Gasteiger partial charge >= 0.3 is 0 Å². The molecule has 3 aromatic rings. The minimum atomic E-state index is -0.572. The fourth-order valence-corrected chi connectivity index (χ4v) is 3.22. The number of pyridine rings is 1. The van der Waals surface area contributed by atoms with Crippen molar-refractivity contribution in [2.75, 3.05) is 12.4 Å². The maximum atomic E-state index is 12.9. The number of nitrogens with one attached hydrogen (secondary N) is 1. The number of para-hydroxylation sites is 1. The van der Waals surface area contributed by atoms with Crippen molar-refractivity contribution in [3.8, 4) is 5.75 Å². The van der Waals surface area contributed by atoms with Crippen LogP contribution in [0.1, 0.15) is 17.3 Å². The van der Waals surface area contributed by atoms with Crippen molar-refractivity contribution in [2.45, 2.75) is 13.5 Å². The molecule has 0 unspecified atom stereocenters. The second-order valence-electron chi connectivity index (χ2n) is 5.59. The quantitative estimate of drug-likeness (QED) is 0.708. The number of aromatic nitrogens is 1. The lowest BCUT2D eigenvalue weighted by Crippen LogP contribution is -2.24. The van der Waals surface area contributed by atoms with Crippen LogP contribution in [0.3, 0.4) is 0 Å². The van der Waals surface area contributed by atoms with Gasteiger partial charge in [-0.15, -0.1) is 0 Å². The van der Waals surface area contributed by atoms with Gasteiger partial charge in [0, 0.05) is 12.7 Å². The highest BCUT2D eigenvalue weighted by Gasteiger charge is 2.18. The first-order valence-electron chi connectivity index (χ1n) is 7.92. The molecule has 0 radical (unpaired) electrons. The molecule has 0 bridgehead atoms. The van der Waals surface area contributed by atoms with E-state index in [1.807, 2.05) is 11.5 Å². The van der Waals surface area contributed by atoms with Crippen LogP contribution in [0.4, 0.5) is 5.69 Å². The summed E-state index contributed by atoms with van der Waals surface area (Å²) in [5.74, 6) is -0.0270. The van der Waals surface area contributed by atoms with Crippen LogP contribution >= 0.6 is 23.2 Å². The number of rotatable bonds is 4. The zero-order valence-electron chi connectivity index (χ0n) is 14.2. The highest BCUT2D eigenvalue weighted by atomic mass is 35.5. The third kappa shape index (κ3) is 3.28. The van der Waals surface area contributed by atoms with Gasteiger partial charge in [0.05, 0.1) is 33.7 Å². The molecular weight excluding hydrogens is 375 g/mol. The molecular formula is C19H16Cl2N2O3. The van der Waals surface area contributed by atoms with Crippen molar-refractivity contribution >= 4 is 45.7 Å². The summed E-state index contributed by atoms with van der Waals surface area (Å²) in [5.41, 5.74) is 0.618. The molecule has 0 saturated carbocycles. The van der Waals surface area contributed by atoms with Gasteiger partial charge in [-0.2, -0.15) is 0 Å². The second-order valence-corrected chi connectivity index (χ2v) is 6.41. The van der Waals surface area contributed by atoms with E-state index in [4.69, 9.17) is 27.9 Å². The minimum Gasteiger partial charge on any atom is -0.497 e. The molecule has 0 fully saturated rings. The number of nitrogens with zero attached hydrogens (tertiary/aromatic N) is 1. The van der Waals surface area contributed by atoms with Gasteiger partial charge in [0.1, 0.15) is 11.3 Å². The zero-order valence-corrected chi connectivity index (χ0v) is 15.7. The molecule has 1 amide bonds. The van der Waals surface area contributed by atoms with Gasteiger partial charge < -0.3 is 14.6 Å². The number of amides is 1. The third-order valence-corrected chi connectivity index (χ3v) is 4.70. The molecule has 7 heteroatoms. The predicted molar refractivity (Wildman–Crippen MR) is 105 cm³/mol. The van der Waals surface area contributed by atoms with E-state index in [0.717, 1.165) is 5.52 Å². The number of ether oxygens (including phenoxy) is 1. The molecule has 1 heterocycles. The number of fused-ring (bicyclic) bond motifs is 1. The largest absolute Gasteiger partial charge is 0.497 e. The van der Waals surface area contributed by atoms with E-state index in [2.05, 4.69) is 5.32 Å². The van der Waals surface area contributed by atoms with Crippen molar-refractivity contribution < 1.29 is 9.53 Å². The number of benzene rings is 2. The van der Waals surface area contributed by atoms with E-state index in [1.54, 1.807) is 36.4 Å². The van der Waals surface area contributed by atoms with E-state index in [-0.39, 0.29) is 16.7 Å². The van der Waals surface area contributed by atoms with E-state index in [0.29, 0.717) is 27.7 Å². The van der Waals surface area contributed by atoms with Crippen LogP contribution in [-0.4, -0.2) is 17.6 Å². The molecule has 0 aliphatic rings. The summed E-state index contributed by atoms with van der Waals surface area (Å²) in [6, 6.07) is 10.1. The Morgan fingerprint density at radius 2 is 1.88 bits per heavy atom. The Morgan fingerprint density at radius 1 is 1.19 bits per heavy atom. The lowest BCUT2D eigenvalue weighted by Gasteiger charge is -2.13. The Hall–Kier alpha value is -2.50. The summed E-state index contributed by atoms with van der Waals surface area (Å²) in [6.07, 6.45) is 1.54.